The van der Waals surface area contributed by atoms with Crippen molar-refractivity contribution >= 4 is 6.21 Å². The number of nitrogens with zero attached hydrogens (tertiary/aromatic N) is 1. The molecule has 0 radical (unpaired) electrons. The Balaban J connectivity index is 0.000000171. The van der Waals surface area contributed by atoms with Crippen molar-refractivity contribution in [1.82, 2.24) is 0 Å². The molecule has 4 heteroatoms. The largest absolute Gasteiger partial charge is 0.381 e. The summed E-state index contributed by atoms with van der Waals surface area (Å²) in [5.41, 5.74) is 0.205. The number of hydrogen-bond acceptors (Lipinski definition) is 3. The zero-order valence-electron chi connectivity index (χ0n) is 11.5. The van der Waals surface area contributed by atoms with Crippen LogP contribution < -0.4 is 0 Å². The third-order valence-corrected chi connectivity index (χ3v) is 3.08. The summed E-state index contributed by atoms with van der Waals surface area (Å²) < 4.78 is 11.6. The van der Waals surface area contributed by atoms with Gasteiger partial charge in [-0.2, -0.15) is 0 Å². The van der Waals surface area contributed by atoms with Crippen LogP contribution in [-0.4, -0.2) is 48.1 Å². The van der Waals surface area contributed by atoms with E-state index in [0.717, 1.165) is 13.2 Å². The summed E-state index contributed by atoms with van der Waals surface area (Å²) in [5, 5.41) is 9.13. The molecule has 2 heterocycles. The van der Waals surface area contributed by atoms with Gasteiger partial charge >= 0.3 is 0 Å². The normalized spacial score (nSPS) is 26.5. The predicted molar refractivity (Wildman–Crippen MR) is 66.8 cm³/mol. The lowest BCUT2D eigenvalue weighted by Crippen LogP contribution is -2.43. The van der Waals surface area contributed by atoms with Gasteiger partial charge in [0.15, 0.2) is 0 Å². The molecule has 0 spiro atoms. The average Bonchev–Trinajstić information content (AvgIpc) is 2.23. The maximum absolute atomic E-state index is 9.13. The molecule has 1 N–H and O–H groups in total. The minimum absolute atomic E-state index is 0.252. The summed E-state index contributed by atoms with van der Waals surface area (Å²) in [6.45, 7) is 11.4. The summed E-state index contributed by atoms with van der Waals surface area (Å²) in [6, 6.07) is 0. The molecule has 2 aliphatic rings. The molecule has 4 nitrogen and oxygen atoms in total. The number of hydroxylamine groups is 1. The van der Waals surface area contributed by atoms with Crippen LogP contribution in [0.3, 0.4) is 0 Å². The summed E-state index contributed by atoms with van der Waals surface area (Å²) in [6.07, 6.45) is 4.20. The van der Waals surface area contributed by atoms with Crippen LogP contribution in [0.25, 0.3) is 0 Å². The third-order valence-electron chi connectivity index (χ3n) is 3.08. The second-order valence-electron chi connectivity index (χ2n) is 6.18. The molecule has 0 aromatic heterocycles. The lowest BCUT2D eigenvalue weighted by molar-refractivity contribution is -0.824. The first-order chi connectivity index (χ1) is 7.83. The van der Waals surface area contributed by atoms with Gasteiger partial charge in [-0.15, -0.1) is 0 Å². The van der Waals surface area contributed by atoms with Crippen LogP contribution in [0.15, 0.2) is 0 Å². The van der Waals surface area contributed by atoms with E-state index in [1.165, 1.54) is 17.6 Å². The Labute approximate surface area is 104 Å². The molecule has 0 saturated carbocycles. The minimum atomic E-state index is -0.252. The first-order valence-electron chi connectivity index (χ1n) is 6.31. The smallest absolute Gasteiger partial charge is 0.228 e. The molecule has 1 fully saturated rings. The molecule has 0 aromatic carbocycles. The third kappa shape index (κ3) is 5.04. The van der Waals surface area contributed by atoms with Crippen LogP contribution in [0.4, 0.5) is 0 Å². The van der Waals surface area contributed by atoms with Gasteiger partial charge in [-0.1, -0.05) is 13.8 Å². The van der Waals surface area contributed by atoms with E-state index >= 15 is 0 Å². The van der Waals surface area contributed by atoms with Gasteiger partial charge in [0.1, 0.15) is 13.2 Å². The number of hydrogen-bond donors (Lipinski definition) is 1. The highest BCUT2D eigenvalue weighted by Crippen LogP contribution is 2.25. The van der Waals surface area contributed by atoms with Gasteiger partial charge in [-0.3, -0.25) is 5.21 Å². The van der Waals surface area contributed by atoms with E-state index < -0.39 is 0 Å². The maximum atomic E-state index is 9.13. The highest BCUT2D eigenvalue weighted by molar-refractivity contribution is 5.52. The Kier molecular flexibility index (Phi) is 4.95. The molecule has 17 heavy (non-hydrogen) atoms. The second-order valence-corrected chi connectivity index (χ2v) is 6.18. The quantitative estimate of drug-likeness (QED) is 0.524. The van der Waals surface area contributed by atoms with E-state index in [4.69, 9.17) is 14.7 Å². The molecular formula is C13H26NO3+. The maximum Gasteiger partial charge on any atom is 0.228 e. The Hall–Kier alpha value is -0.610. The van der Waals surface area contributed by atoms with Gasteiger partial charge in [-0.25, -0.2) is 0 Å². The fourth-order valence-corrected chi connectivity index (χ4v) is 1.82. The van der Waals surface area contributed by atoms with Gasteiger partial charge in [0.05, 0.1) is 6.61 Å². The molecule has 0 atom stereocenters. The highest BCUT2D eigenvalue weighted by Gasteiger charge is 2.34. The SMILES string of the molecule is CC1(C)CCCOC1.CC1(C)COCC=[N+]1O. The molecular weight excluding hydrogens is 218 g/mol. The van der Waals surface area contributed by atoms with Crippen LogP contribution in [0, 0.1) is 5.41 Å². The second kappa shape index (κ2) is 5.83. The number of ether oxygens (including phenoxy) is 2. The van der Waals surface area contributed by atoms with E-state index in [-0.39, 0.29) is 5.54 Å². The standard InChI is InChI=1S/C7H14O.C6H12NO2/c1-7(2)4-3-5-8-6-7;1-6(2)5-9-4-3-7(6)8/h3-6H2,1-2H3;3,8H,4-5H2,1-2H3/q;+1. The molecule has 0 amide bonds. The van der Waals surface area contributed by atoms with Gasteiger partial charge < -0.3 is 9.47 Å². The predicted octanol–water partition coefficient (Wildman–Crippen LogP) is 2.09. The fourth-order valence-electron chi connectivity index (χ4n) is 1.82. The Morgan fingerprint density at radius 2 is 1.82 bits per heavy atom. The Morgan fingerprint density at radius 1 is 1.12 bits per heavy atom. The summed E-state index contributed by atoms with van der Waals surface area (Å²) in [7, 11) is 0. The molecule has 1 saturated heterocycles. The average molecular weight is 244 g/mol. The van der Waals surface area contributed by atoms with E-state index in [9.17, 15) is 0 Å². The zero-order chi connectivity index (χ0) is 12.9. The number of rotatable bonds is 0. The topological polar surface area (TPSA) is 41.7 Å². The van der Waals surface area contributed by atoms with Crippen LogP contribution in [-0.2, 0) is 9.47 Å². The molecule has 0 bridgehead atoms. The van der Waals surface area contributed by atoms with Crippen molar-refractivity contribution in [2.45, 2.75) is 46.1 Å². The monoisotopic (exact) mass is 244 g/mol. The van der Waals surface area contributed by atoms with Crippen molar-refractivity contribution in [2.75, 3.05) is 26.4 Å². The summed E-state index contributed by atoms with van der Waals surface area (Å²) >= 11 is 0. The fraction of sp³-hybridized carbons (Fsp3) is 0.923. The highest BCUT2D eigenvalue weighted by atomic mass is 16.5. The molecule has 2 rings (SSSR count). The zero-order valence-corrected chi connectivity index (χ0v) is 11.5. The van der Waals surface area contributed by atoms with E-state index in [2.05, 4.69) is 13.8 Å². The molecule has 2 aliphatic heterocycles. The van der Waals surface area contributed by atoms with Gasteiger partial charge in [0.25, 0.3) is 0 Å². The van der Waals surface area contributed by atoms with E-state index in [1.807, 2.05) is 13.8 Å². The van der Waals surface area contributed by atoms with Gasteiger partial charge in [0.2, 0.25) is 11.8 Å². The first-order valence-corrected chi connectivity index (χ1v) is 6.31. The van der Waals surface area contributed by atoms with Gasteiger partial charge in [-0.05, 0) is 23.0 Å². The van der Waals surface area contributed by atoms with Gasteiger partial charge in [0, 0.05) is 20.5 Å². The van der Waals surface area contributed by atoms with Crippen molar-refractivity contribution in [3.63, 3.8) is 0 Å². The lowest BCUT2D eigenvalue weighted by atomic mass is 9.87. The summed E-state index contributed by atoms with van der Waals surface area (Å²) in [5.74, 6) is 0. The Bertz CT molecular complexity index is 264. The minimum Gasteiger partial charge on any atom is -0.381 e. The van der Waals surface area contributed by atoms with Crippen molar-refractivity contribution in [2.24, 2.45) is 5.41 Å². The van der Waals surface area contributed by atoms with Crippen molar-refractivity contribution in [1.29, 1.82) is 0 Å². The molecule has 0 aliphatic carbocycles. The van der Waals surface area contributed by atoms with E-state index in [0.29, 0.717) is 18.6 Å². The lowest BCUT2D eigenvalue weighted by Gasteiger charge is -2.28. The van der Waals surface area contributed by atoms with Crippen LogP contribution >= 0.6 is 0 Å². The first kappa shape index (κ1) is 14.5. The van der Waals surface area contributed by atoms with Crippen LogP contribution in [0.2, 0.25) is 0 Å². The molecule has 0 aromatic rings. The molecule has 100 valence electrons. The van der Waals surface area contributed by atoms with Crippen molar-refractivity contribution in [3.8, 4) is 0 Å². The van der Waals surface area contributed by atoms with Crippen molar-refractivity contribution in [3.05, 3.63) is 0 Å². The van der Waals surface area contributed by atoms with Crippen LogP contribution in [0.1, 0.15) is 40.5 Å². The summed E-state index contributed by atoms with van der Waals surface area (Å²) in [4.78, 5) is 0. The van der Waals surface area contributed by atoms with Crippen molar-refractivity contribution < 1.29 is 19.4 Å². The van der Waals surface area contributed by atoms with E-state index in [1.54, 1.807) is 6.21 Å². The van der Waals surface area contributed by atoms with Crippen LogP contribution in [0.5, 0.6) is 0 Å². The Morgan fingerprint density at radius 3 is 2.12 bits per heavy atom. The molecule has 0 unspecified atom stereocenters.